The Hall–Kier alpha value is -3.36. The van der Waals surface area contributed by atoms with E-state index in [9.17, 15) is 27.6 Å². The number of rotatable bonds is 4. The number of nitrogens with one attached hydrogen (secondary N) is 1. The fraction of sp³-hybridized carbons (Fsp3) is 0.348. The van der Waals surface area contributed by atoms with Gasteiger partial charge in [-0.3, -0.25) is 14.4 Å². The molecular weight excluding hydrogens is 423 g/mol. The number of amides is 3. The molecule has 2 aliphatic heterocycles. The number of halogens is 3. The number of carbonyl (C=O) groups excluding carboxylic acids is 3. The van der Waals surface area contributed by atoms with E-state index < -0.39 is 23.6 Å². The van der Waals surface area contributed by atoms with Gasteiger partial charge in [-0.2, -0.15) is 13.2 Å². The second-order valence-electron chi connectivity index (χ2n) is 8.01. The van der Waals surface area contributed by atoms with Crippen LogP contribution in [0, 0.1) is 5.92 Å². The SMILES string of the molecule is CC(=O)N1CCc2cc(N3CC(C(=O)NCc4ccccc4C(F)(F)F)CC3=O)ccc21. The van der Waals surface area contributed by atoms with Gasteiger partial charge in [0.15, 0.2) is 0 Å². The highest BCUT2D eigenvalue weighted by atomic mass is 19.4. The number of anilines is 2. The average Bonchev–Trinajstić information content (AvgIpc) is 3.34. The van der Waals surface area contributed by atoms with E-state index in [1.165, 1.54) is 30.0 Å². The van der Waals surface area contributed by atoms with Gasteiger partial charge in [0.1, 0.15) is 0 Å². The zero-order valence-electron chi connectivity index (χ0n) is 17.4. The van der Waals surface area contributed by atoms with Crippen molar-refractivity contribution in [3.05, 3.63) is 59.2 Å². The Morgan fingerprint density at radius 3 is 2.62 bits per heavy atom. The summed E-state index contributed by atoms with van der Waals surface area (Å²) in [5.74, 6) is -1.37. The molecule has 1 N–H and O–H groups in total. The van der Waals surface area contributed by atoms with E-state index in [0.29, 0.717) is 18.7 Å². The minimum atomic E-state index is -4.51. The number of alkyl halides is 3. The Bertz CT molecular complexity index is 1080. The fourth-order valence-corrected chi connectivity index (χ4v) is 4.29. The van der Waals surface area contributed by atoms with Gasteiger partial charge in [0.25, 0.3) is 0 Å². The molecule has 0 radical (unpaired) electrons. The molecule has 0 spiro atoms. The standard InChI is InChI=1S/C23H22F3N3O3/c1-14(30)28-9-8-15-10-18(6-7-20(15)28)29-13-17(11-21(29)31)22(32)27-12-16-4-2-3-5-19(16)23(24,25)26/h2-7,10,17H,8-9,11-13H2,1H3,(H,27,32). The summed E-state index contributed by atoms with van der Waals surface area (Å²) in [6.45, 7) is 1.98. The van der Waals surface area contributed by atoms with Crippen LogP contribution in [0.3, 0.4) is 0 Å². The lowest BCUT2D eigenvalue weighted by Gasteiger charge is -2.19. The van der Waals surface area contributed by atoms with Crippen LogP contribution in [0.1, 0.15) is 30.0 Å². The molecule has 0 aromatic heterocycles. The van der Waals surface area contributed by atoms with Crippen LogP contribution >= 0.6 is 0 Å². The van der Waals surface area contributed by atoms with Crippen molar-refractivity contribution in [2.75, 3.05) is 22.9 Å². The number of nitrogens with zero attached hydrogens (tertiary/aromatic N) is 2. The fourth-order valence-electron chi connectivity index (χ4n) is 4.29. The summed E-state index contributed by atoms with van der Waals surface area (Å²) in [5, 5.41) is 2.54. The predicted molar refractivity (Wildman–Crippen MR) is 112 cm³/mol. The molecule has 2 aromatic rings. The molecule has 9 heteroatoms. The van der Waals surface area contributed by atoms with Gasteiger partial charge in [0, 0.05) is 44.4 Å². The highest BCUT2D eigenvalue weighted by Crippen LogP contribution is 2.34. The van der Waals surface area contributed by atoms with Crippen LogP contribution in [0.15, 0.2) is 42.5 Å². The van der Waals surface area contributed by atoms with Crippen molar-refractivity contribution < 1.29 is 27.6 Å². The molecule has 168 valence electrons. The summed E-state index contributed by atoms with van der Waals surface area (Å²) < 4.78 is 39.4. The maximum Gasteiger partial charge on any atom is 0.416 e. The molecule has 4 rings (SSSR count). The molecule has 1 unspecified atom stereocenters. The highest BCUT2D eigenvalue weighted by molar-refractivity contribution is 6.01. The topological polar surface area (TPSA) is 69.7 Å². The third-order valence-corrected chi connectivity index (χ3v) is 5.92. The molecule has 1 atom stereocenters. The maximum atomic E-state index is 13.1. The lowest BCUT2D eigenvalue weighted by molar-refractivity contribution is -0.138. The van der Waals surface area contributed by atoms with Crippen molar-refractivity contribution in [3.8, 4) is 0 Å². The lowest BCUT2D eigenvalue weighted by Crippen LogP contribution is -2.33. The molecule has 2 heterocycles. The number of carbonyl (C=O) groups is 3. The molecule has 0 aliphatic carbocycles. The molecule has 6 nitrogen and oxygen atoms in total. The van der Waals surface area contributed by atoms with Crippen molar-refractivity contribution in [1.82, 2.24) is 5.32 Å². The van der Waals surface area contributed by atoms with Gasteiger partial charge < -0.3 is 15.1 Å². The first kappa shape index (κ1) is 21.9. The second-order valence-corrected chi connectivity index (χ2v) is 8.01. The quantitative estimate of drug-likeness (QED) is 0.785. The monoisotopic (exact) mass is 445 g/mol. The molecule has 1 fully saturated rings. The molecule has 1 saturated heterocycles. The maximum absolute atomic E-state index is 13.1. The van der Waals surface area contributed by atoms with Crippen molar-refractivity contribution in [3.63, 3.8) is 0 Å². The first-order chi connectivity index (χ1) is 15.1. The molecule has 0 bridgehead atoms. The average molecular weight is 445 g/mol. The van der Waals surface area contributed by atoms with Gasteiger partial charge in [-0.1, -0.05) is 18.2 Å². The van der Waals surface area contributed by atoms with E-state index >= 15 is 0 Å². The van der Waals surface area contributed by atoms with E-state index in [-0.39, 0.29) is 36.9 Å². The van der Waals surface area contributed by atoms with E-state index in [1.54, 1.807) is 17.0 Å². The van der Waals surface area contributed by atoms with Crippen LogP contribution in [-0.2, 0) is 33.5 Å². The number of benzene rings is 2. The largest absolute Gasteiger partial charge is 0.416 e. The van der Waals surface area contributed by atoms with E-state index in [0.717, 1.165) is 17.3 Å². The Morgan fingerprint density at radius 1 is 1.16 bits per heavy atom. The summed E-state index contributed by atoms with van der Waals surface area (Å²) in [6, 6.07) is 10.5. The summed E-state index contributed by atoms with van der Waals surface area (Å²) in [4.78, 5) is 40.1. The van der Waals surface area contributed by atoms with Gasteiger partial charge in [-0.15, -0.1) is 0 Å². The van der Waals surface area contributed by atoms with Gasteiger partial charge in [-0.05, 0) is 41.8 Å². The zero-order chi connectivity index (χ0) is 23.0. The Labute approximate surface area is 183 Å². The third kappa shape index (κ3) is 4.19. The number of hydrogen-bond donors (Lipinski definition) is 1. The van der Waals surface area contributed by atoms with E-state index in [1.807, 2.05) is 6.07 Å². The molecule has 2 aromatic carbocycles. The first-order valence-corrected chi connectivity index (χ1v) is 10.3. The van der Waals surface area contributed by atoms with Crippen molar-refractivity contribution >= 4 is 29.1 Å². The molecule has 32 heavy (non-hydrogen) atoms. The minimum absolute atomic E-state index is 0.0105. The van der Waals surface area contributed by atoms with Gasteiger partial charge in [0.05, 0.1) is 11.5 Å². The van der Waals surface area contributed by atoms with Gasteiger partial charge in [0.2, 0.25) is 17.7 Å². The zero-order valence-corrected chi connectivity index (χ0v) is 17.4. The third-order valence-electron chi connectivity index (χ3n) is 5.92. The molecular formula is C23H22F3N3O3. The van der Waals surface area contributed by atoms with Crippen LogP contribution in [0.4, 0.5) is 24.5 Å². The summed E-state index contributed by atoms with van der Waals surface area (Å²) in [6.07, 6.45) is -3.83. The van der Waals surface area contributed by atoms with Gasteiger partial charge in [-0.25, -0.2) is 0 Å². The molecule has 2 aliphatic rings. The van der Waals surface area contributed by atoms with Gasteiger partial charge >= 0.3 is 6.18 Å². The molecule has 0 saturated carbocycles. The Kier molecular flexibility index (Phi) is 5.66. The number of fused-ring (bicyclic) bond motifs is 1. The Morgan fingerprint density at radius 2 is 1.91 bits per heavy atom. The number of hydrogen-bond acceptors (Lipinski definition) is 3. The summed E-state index contributed by atoms with van der Waals surface area (Å²) in [7, 11) is 0. The van der Waals surface area contributed by atoms with Crippen molar-refractivity contribution in [1.29, 1.82) is 0 Å². The molecule has 3 amide bonds. The Balaban J connectivity index is 1.42. The van der Waals surface area contributed by atoms with Crippen molar-refractivity contribution in [2.24, 2.45) is 5.92 Å². The predicted octanol–water partition coefficient (Wildman–Crippen LogP) is 3.28. The first-order valence-electron chi connectivity index (χ1n) is 10.3. The minimum Gasteiger partial charge on any atom is -0.352 e. The smallest absolute Gasteiger partial charge is 0.352 e. The van der Waals surface area contributed by atoms with Crippen LogP contribution in [0.5, 0.6) is 0 Å². The van der Waals surface area contributed by atoms with Crippen LogP contribution < -0.4 is 15.1 Å². The second kappa shape index (κ2) is 8.29. The lowest BCUT2D eigenvalue weighted by atomic mass is 10.1. The van der Waals surface area contributed by atoms with Crippen molar-refractivity contribution in [2.45, 2.75) is 32.5 Å². The van der Waals surface area contributed by atoms with Crippen LogP contribution in [0.25, 0.3) is 0 Å². The van der Waals surface area contributed by atoms with Crippen LogP contribution in [-0.4, -0.2) is 30.8 Å². The van der Waals surface area contributed by atoms with E-state index in [2.05, 4.69) is 5.32 Å². The van der Waals surface area contributed by atoms with Crippen LogP contribution in [0.2, 0.25) is 0 Å². The summed E-state index contributed by atoms with van der Waals surface area (Å²) in [5.41, 5.74) is 1.62. The highest BCUT2D eigenvalue weighted by Gasteiger charge is 2.37. The summed E-state index contributed by atoms with van der Waals surface area (Å²) >= 11 is 0. The van der Waals surface area contributed by atoms with E-state index in [4.69, 9.17) is 0 Å². The normalized spacial score (nSPS) is 18.1.